The molecule has 0 aliphatic rings. The number of isothiocyanates is 1. The first kappa shape index (κ1) is 25.0. The molecule has 170 valence electrons. The maximum Gasteiger partial charge on any atom is 0.153 e. The number of thiocarbonyl (C=S) groups is 1. The second-order valence-corrected chi connectivity index (χ2v) is 7.81. The van der Waals surface area contributed by atoms with Crippen LogP contribution < -0.4 is 0 Å². The normalized spacial score (nSPS) is 9.88. The van der Waals surface area contributed by atoms with Crippen LogP contribution in [0.15, 0.2) is 59.6 Å². The third-order valence-corrected chi connectivity index (χ3v) is 5.18. The molecular formula is C29H22F3NS. The Balaban J connectivity index is 1.72. The molecule has 3 rings (SSSR count). The number of rotatable bonds is 6. The van der Waals surface area contributed by atoms with Gasteiger partial charge < -0.3 is 0 Å². The summed E-state index contributed by atoms with van der Waals surface area (Å²) in [6, 6.07) is 14.3. The number of hydrogen-bond acceptors (Lipinski definition) is 2. The first-order valence-corrected chi connectivity index (χ1v) is 11.4. The number of halogens is 3. The number of hydrogen-bond donors (Lipinski definition) is 0. The van der Waals surface area contributed by atoms with Gasteiger partial charge in [-0.2, -0.15) is 4.99 Å². The Kier molecular flexibility index (Phi) is 9.24. The lowest BCUT2D eigenvalue weighted by Gasteiger charge is -2.04. The minimum absolute atomic E-state index is 0.0591. The minimum atomic E-state index is -0.915. The Morgan fingerprint density at radius 2 is 1.44 bits per heavy atom. The van der Waals surface area contributed by atoms with Crippen molar-refractivity contribution < 1.29 is 13.2 Å². The minimum Gasteiger partial charge on any atom is -0.206 e. The highest BCUT2D eigenvalue weighted by Gasteiger charge is 2.09. The van der Waals surface area contributed by atoms with Crippen LogP contribution in [0.1, 0.15) is 55.7 Å². The predicted octanol–water partition coefficient (Wildman–Crippen LogP) is 8.23. The Hall–Kier alpha value is -3.63. The van der Waals surface area contributed by atoms with Gasteiger partial charge in [0.15, 0.2) is 11.6 Å². The zero-order valence-electron chi connectivity index (χ0n) is 18.7. The topological polar surface area (TPSA) is 12.4 Å². The Morgan fingerprint density at radius 1 is 0.735 bits per heavy atom. The number of nitrogens with zero attached hydrogens (tertiary/aromatic N) is 1. The van der Waals surface area contributed by atoms with Gasteiger partial charge in [0.1, 0.15) is 11.5 Å². The molecule has 3 aromatic carbocycles. The van der Waals surface area contributed by atoms with E-state index >= 15 is 0 Å². The van der Waals surface area contributed by atoms with E-state index in [0.29, 0.717) is 5.56 Å². The van der Waals surface area contributed by atoms with Gasteiger partial charge in [0, 0.05) is 17.5 Å². The molecule has 0 bridgehead atoms. The summed E-state index contributed by atoms with van der Waals surface area (Å²) in [5.74, 6) is 9.20. The van der Waals surface area contributed by atoms with E-state index in [9.17, 15) is 13.2 Å². The largest absolute Gasteiger partial charge is 0.206 e. The Morgan fingerprint density at radius 3 is 2.09 bits per heavy atom. The molecule has 0 aliphatic heterocycles. The summed E-state index contributed by atoms with van der Waals surface area (Å²) in [6.07, 6.45) is 5.66. The molecule has 0 heterocycles. The predicted molar refractivity (Wildman–Crippen MR) is 134 cm³/mol. The van der Waals surface area contributed by atoms with Crippen molar-refractivity contribution in [1.82, 2.24) is 0 Å². The molecule has 0 atom stereocenters. The zero-order valence-corrected chi connectivity index (χ0v) is 19.5. The smallest absolute Gasteiger partial charge is 0.153 e. The van der Waals surface area contributed by atoms with E-state index in [4.69, 9.17) is 0 Å². The molecule has 0 saturated heterocycles. The fourth-order valence-corrected chi connectivity index (χ4v) is 3.37. The maximum atomic E-state index is 14.6. The van der Waals surface area contributed by atoms with Gasteiger partial charge in [-0.1, -0.05) is 68.1 Å². The summed E-state index contributed by atoms with van der Waals surface area (Å²) >= 11 is 4.38. The molecular weight excluding hydrogens is 451 g/mol. The van der Waals surface area contributed by atoms with Crippen molar-refractivity contribution in [3.8, 4) is 34.8 Å². The summed E-state index contributed by atoms with van der Waals surface area (Å²) in [4.78, 5) is 3.35. The van der Waals surface area contributed by atoms with Crippen molar-refractivity contribution in [2.75, 3.05) is 0 Å². The van der Waals surface area contributed by atoms with Gasteiger partial charge >= 0.3 is 0 Å². The van der Waals surface area contributed by atoms with Crippen LogP contribution in [-0.2, 0) is 0 Å². The first-order valence-electron chi connectivity index (χ1n) is 11.0. The van der Waals surface area contributed by atoms with Gasteiger partial charge in [-0.25, -0.2) is 13.2 Å². The molecule has 1 nitrogen and oxygen atoms in total. The van der Waals surface area contributed by atoms with Crippen LogP contribution in [-0.4, -0.2) is 5.16 Å². The first-order chi connectivity index (χ1) is 16.5. The summed E-state index contributed by atoms with van der Waals surface area (Å²) in [6.45, 7) is 2.19. The van der Waals surface area contributed by atoms with Gasteiger partial charge in [0.05, 0.1) is 10.7 Å². The van der Waals surface area contributed by atoms with Gasteiger partial charge in [-0.05, 0) is 66.2 Å². The van der Waals surface area contributed by atoms with Crippen molar-refractivity contribution >= 4 is 23.1 Å². The summed E-state index contributed by atoms with van der Waals surface area (Å²) in [7, 11) is 0. The lowest BCUT2D eigenvalue weighted by Crippen LogP contribution is -1.88. The molecule has 0 fully saturated rings. The molecule has 3 aromatic rings. The van der Waals surface area contributed by atoms with Crippen LogP contribution >= 0.6 is 12.2 Å². The zero-order chi connectivity index (χ0) is 24.3. The second-order valence-electron chi connectivity index (χ2n) is 7.63. The molecule has 0 aromatic heterocycles. The van der Waals surface area contributed by atoms with E-state index in [1.165, 1.54) is 25.3 Å². The van der Waals surface area contributed by atoms with Crippen molar-refractivity contribution in [3.05, 3.63) is 88.7 Å². The number of benzene rings is 3. The Bertz CT molecular complexity index is 1310. The average molecular weight is 474 g/mol. The van der Waals surface area contributed by atoms with E-state index < -0.39 is 23.1 Å². The van der Waals surface area contributed by atoms with Gasteiger partial charge in [0.25, 0.3) is 0 Å². The third-order valence-electron chi connectivity index (χ3n) is 5.09. The van der Waals surface area contributed by atoms with Crippen molar-refractivity contribution in [1.29, 1.82) is 0 Å². The van der Waals surface area contributed by atoms with Crippen LogP contribution in [0.3, 0.4) is 0 Å². The highest BCUT2D eigenvalue weighted by atomic mass is 32.1. The van der Waals surface area contributed by atoms with Crippen LogP contribution in [0.5, 0.6) is 0 Å². The SMILES string of the molecule is CCCCCCC#Cc1ccc(-c2ccc(C#Cc3cc(F)c(N=C=S)c(F)c3)c(F)c2)cc1. The van der Waals surface area contributed by atoms with Crippen LogP contribution in [0.4, 0.5) is 18.9 Å². The van der Waals surface area contributed by atoms with E-state index in [1.54, 1.807) is 12.1 Å². The maximum absolute atomic E-state index is 14.6. The van der Waals surface area contributed by atoms with Crippen molar-refractivity contribution in [2.45, 2.75) is 39.0 Å². The molecule has 0 radical (unpaired) electrons. The molecule has 0 unspecified atom stereocenters. The van der Waals surface area contributed by atoms with Crippen LogP contribution in [0.2, 0.25) is 0 Å². The van der Waals surface area contributed by atoms with E-state index in [-0.39, 0.29) is 11.1 Å². The molecule has 34 heavy (non-hydrogen) atoms. The fraction of sp³-hybridized carbons (Fsp3) is 0.207. The quantitative estimate of drug-likeness (QED) is 0.152. The summed E-state index contributed by atoms with van der Waals surface area (Å²) in [5, 5.41) is 1.93. The van der Waals surface area contributed by atoms with Crippen molar-refractivity contribution in [3.63, 3.8) is 0 Å². The van der Waals surface area contributed by atoms with E-state index in [2.05, 4.69) is 47.8 Å². The van der Waals surface area contributed by atoms with Gasteiger partial charge in [-0.3, -0.25) is 0 Å². The van der Waals surface area contributed by atoms with E-state index in [0.717, 1.165) is 36.1 Å². The van der Waals surface area contributed by atoms with Gasteiger partial charge in [-0.15, -0.1) is 0 Å². The van der Waals surface area contributed by atoms with Crippen molar-refractivity contribution in [2.24, 2.45) is 4.99 Å². The Labute approximate surface area is 203 Å². The lowest BCUT2D eigenvalue weighted by atomic mass is 10.0. The molecule has 0 amide bonds. The fourth-order valence-electron chi connectivity index (χ4n) is 3.28. The highest BCUT2D eigenvalue weighted by molar-refractivity contribution is 7.78. The number of aliphatic imine (C=N–C) groups is 1. The second kappa shape index (κ2) is 12.6. The van der Waals surface area contributed by atoms with Crippen LogP contribution in [0, 0.1) is 41.1 Å². The third kappa shape index (κ3) is 6.93. The molecule has 0 aliphatic carbocycles. The molecule has 0 spiro atoms. The van der Waals surface area contributed by atoms with Gasteiger partial charge in [0.2, 0.25) is 0 Å². The average Bonchev–Trinajstić information content (AvgIpc) is 2.83. The lowest BCUT2D eigenvalue weighted by molar-refractivity contribution is 0.587. The van der Waals surface area contributed by atoms with Crippen LogP contribution in [0.25, 0.3) is 11.1 Å². The molecule has 0 N–H and O–H groups in total. The molecule has 0 saturated carbocycles. The summed E-state index contributed by atoms with van der Waals surface area (Å²) in [5.41, 5.74) is 2.12. The summed E-state index contributed by atoms with van der Waals surface area (Å²) < 4.78 is 42.5. The monoisotopic (exact) mass is 473 g/mol. The highest BCUT2D eigenvalue weighted by Crippen LogP contribution is 2.24. The van der Waals surface area contributed by atoms with E-state index in [1.807, 2.05) is 29.4 Å². The molecule has 5 heteroatoms. The number of unbranched alkanes of at least 4 members (excludes halogenated alkanes) is 4. The standard InChI is InChI=1S/C29H22F3NS/c1-2-3-4-5-6-7-8-21-9-12-23(13-10-21)25-16-15-24(26(30)19-25)14-11-22-17-27(31)29(33-20-34)28(32)18-22/h9-10,12-13,15-19H,2-6H2,1H3.